The molecule has 68 valence electrons. The summed E-state index contributed by atoms with van der Waals surface area (Å²) in [6.07, 6.45) is 0.739. The molecule has 0 aromatic rings. The summed E-state index contributed by atoms with van der Waals surface area (Å²) in [5, 5.41) is 2.89. The van der Waals surface area contributed by atoms with Gasteiger partial charge in [-0.1, -0.05) is 6.92 Å². The molecule has 1 aliphatic heterocycles. The first kappa shape index (κ1) is 9.19. The fourth-order valence-corrected chi connectivity index (χ4v) is 1.36. The minimum atomic E-state index is -0.164. The van der Waals surface area contributed by atoms with Crippen molar-refractivity contribution >= 4 is 11.8 Å². The lowest BCUT2D eigenvalue weighted by Crippen LogP contribution is -2.57. The summed E-state index contributed by atoms with van der Waals surface area (Å²) in [5.74, 6) is -0.205. The van der Waals surface area contributed by atoms with Gasteiger partial charge >= 0.3 is 0 Å². The summed E-state index contributed by atoms with van der Waals surface area (Å²) in [6.45, 7) is 4.51. The van der Waals surface area contributed by atoms with Gasteiger partial charge in [0, 0.05) is 6.54 Å². The average Bonchev–Trinajstić information content (AvgIpc) is 2.06. The van der Waals surface area contributed by atoms with Gasteiger partial charge in [0.2, 0.25) is 11.8 Å². The Morgan fingerprint density at radius 3 is 2.67 bits per heavy atom. The first-order valence-corrected chi connectivity index (χ1v) is 4.28. The van der Waals surface area contributed by atoms with Crippen molar-refractivity contribution in [2.75, 3.05) is 13.1 Å². The van der Waals surface area contributed by atoms with E-state index in [1.165, 1.54) is 4.90 Å². The normalized spacial score (nSPS) is 24.8. The molecule has 0 aliphatic carbocycles. The number of carbonyl (C=O) groups is 2. The minimum Gasteiger partial charge on any atom is -0.297 e. The molecule has 0 bridgehead atoms. The van der Waals surface area contributed by atoms with E-state index in [0.29, 0.717) is 6.54 Å². The zero-order chi connectivity index (χ0) is 9.14. The van der Waals surface area contributed by atoms with Gasteiger partial charge in [-0.15, -0.1) is 0 Å². The van der Waals surface area contributed by atoms with E-state index < -0.39 is 0 Å². The summed E-state index contributed by atoms with van der Waals surface area (Å²) in [4.78, 5) is 23.9. The van der Waals surface area contributed by atoms with Gasteiger partial charge in [0.1, 0.15) is 0 Å². The Morgan fingerprint density at radius 1 is 1.50 bits per heavy atom. The number of hydrogen-bond acceptors (Lipinski definition) is 3. The maximum Gasteiger partial charge on any atom is 0.246 e. The Labute approximate surface area is 71.9 Å². The van der Waals surface area contributed by atoms with E-state index >= 15 is 0 Å². The van der Waals surface area contributed by atoms with Gasteiger partial charge in [-0.05, 0) is 13.3 Å². The highest BCUT2D eigenvalue weighted by Gasteiger charge is 2.31. The highest BCUT2D eigenvalue weighted by Crippen LogP contribution is 2.04. The molecule has 0 aromatic carbocycles. The van der Waals surface area contributed by atoms with Crippen LogP contribution in [0.4, 0.5) is 0 Å². The van der Waals surface area contributed by atoms with Crippen molar-refractivity contribution in [3.8, 4) is 0 Å². The van der Waals surface area contributed by atoms with Crippen LogP contribution in [0.2, 0.25) is 0 Å². The van der Waals surface area contributed by atoms with E-state index in [1.54, 1.807) is 0 Å². The number of nitrogens with zero attached hydrogens (tertiary/aromatic N) is 1. The lowest BCUT2D eigenvalue weighted by atomic mass is 10.1. The van der Waals surface area contributed by atoms with E-state index in [9.17, 15) is 9.59 Å². The Balaban J connectivity index is 2.70. The predicted molar refractivity (Wildman–Crippen MR) is 44.5 cm³/mol. The molecule has 1 rings (SSSR count). The van der Waals surface area contributed by atoms with Crippen LogP contribution in [0.3, 0.4) is 0 Å². The van der Waals surface area contributed by atoms with Crippen LogP contribution in [-0.4, -0.2) is 35.8 Å². The van der Waals surface area contributed by atoms with E-state index in [4.69, 9.17) is 0 Å². The zero-order valence-electron chi connectivity index (χ0n) is 7.46. The molecule has 0 spiro atoms. The molecule has 2 amide bonds. The highest BCUT2D eigenvalue weighted by atomic mass is 16.2. The molecule has 1 aliphatic rings. The molecule has 0 aromatic heterocycles. The first-order valence-electron chi connectivity index (χ1n) is 4.28. The largest absolute Gasteiger partial charge is 0.297 e. The van der Waals surface area contributed by atoms with Gasteiger partial charge in [0.25, 0.3) is 0 Å². The van der Waals surface area contributed by atoms with Crippen molar-refractivity contribution in [3.63, 3.8) is 0 Å². The topological polar surface area (TPSA) is 49.4 Å². The lowest BCUT2D eigenvalue weighted by molar-refractivity contribution is -0.148. The molecule has 1 fully saturated rings. The van der Waals surface area contributed by atoms with Crippen molar-refractivity contribution in [1.82, 2.24) is 10.2 Å². The van der Waals surface area contributed by atoms with E-state index in [0.717, 1.165) is 6.42 Å². The van der Waals surface area contributed by atoms with Crippen LogP contribution in [0.15, 0.2) is 0 Å². The molecule has 4 nitrogen and oxygen atoms in total. The minimum absolute atomic E-state index is 0.0868. The van der Waals surface area contributed by atoms with Crippen LogP contribution in [0, 0.1) is 0 Å². The fourth-order valence-electron chi connectivity index (χ4n) is 1.36. The number of hydrogen-bond donors (Lipinski definition) is 1. The second kappa shape index (κ2) is 3.67. The van der Waals surface area contributed by atoms with E-state index in [1.807, 2.05) is 13.8 Å². The molecular weight excluding hydrogens is 156 g/mol. The molecule has 12 heavy (non-hydrogen) atoms. The number of amides is 2. The molecule has 4 heteroatoms. The Kier molecular flexibility index (Phi) is 2.81. The number of piperazine rings is 1. The van der Waals surface area contributed by atoms with Crippen molar-refractivity contribution in [1.29, 1.82) is 0 Å². The predicted octanol–water partition coefficient (Wildman–Crippen LogP) is -0.257. The number of nitrogens with one attached hydrogen (secondary N) is 1. The van der Waals surface area contributed by atoms with Crippen molar-refractivity contribution in [2.45, 2.75) is 26.3 Å². The summed E-state index contributed by atoms with van der Waals surface area (Å²) in [7, 11) is 0. The second-order valence-electron chi connectivity index (χ2n) is 2.82. The fraction of sp³-hybridized carbons (Fsp3) is 0.750. The van der Waals surface area contributed by atoms with Gasteiger partial charge in [-0.25, -0.2) is 0 Å². The maximum absolute atomic E-state index is 11.4. The zero-order valence-corrected chi connectivity index (χ0v) is 7.46. The van der Waals surface area contributed by atoms with Crippen LogP contribution < -0.4 is 5.32 Å². The highest BCUT2D eigenvalue weighted by molar-refractivity contribution is 6.01. The molecule has 1 unspecified atom stereocenters. The third kappa shape index (κ3) is 1.48. The van der Waals surface area contributed by atoms with Gasteiger partial charge in [0.15, 0.2) is 0 Å². The molecule has 0 radical (unpaired) electrons. The Morgan fingerprint density at radius 2 is 2.17 bits per heavy atom. The van der Waals surface area contributed by atoms with Gasteiger partial charge in [-0.3, -0.25) is 19.8 Å². The third-order valence-corrected chi connectivity index (χ3v) is 2.09. The summed E-state index contributed by atoms with van der Waals surface area (Å²) < 4.78 is 0. The quantitative estimate of drug-likeness (QED) is 0.581. The van der Waals surface area contributed by atoms with Crippen LogP contribution >= 0.6 is 0 Å². The average molecular weight is 170 g/mol. The second-order valence-corrected chi connectivity index (χ2v) is 2.82. The molecule has 1 N–H and O–H groups in total. The molecule has 1 atom stereocenters. The molecular formula is C8H14N2O2. The third-order valence-electron chi connectivity index (χ3n) is 2.09. The van der Waals surface area contributed by atoms with Crippen LogP contribution in [0.5, 0.6) is 0 Å². The van der Waals surface area contributed by atoms with Crippen LogP contribution in [0.1, 0.15) is 20.3 Å². The smallest absolute Gasteiger partial charge is 0.246 e. The van der Waals surface area contributed by atoms with Crippen molar-refractivity contribution in [2.24, 2.45) is 0 Å². The van der Waals surface area contributed by atoms with Crippen molar-refractivity contribution < 1.29 is 9.59 Å². The number of likely N-dealkylation sites (N-methyl/N-ethyl adjacent to an activating group) is 1. The van der Waals surface area contributed by atoms with Gasteiger partial charge in [0.05, 0.1) is 12.6 Å². The number of imide groups is 1. The van der Waals surface area contributed by atoms with Gasteiger partial charge < -0.3 is 0 Å². The Hall–Kier alpha value is -0.900. The summed E-state index contributed by atoms with van der Waals surface area (Å²) in [6, 6.07) is -0.164. The van der Waals surface area contributed by atoms with Crippen molar-refractivity contribution in [3.05, 3.63) is 0 Å². The lowest BCUT2D eigenvalue weighted by Gasteiger charge is -2.29. The van der Waals surface area contributed by atoms with Crippen LogP contribution in [-0.2, 0) is 9.59 Å². The summed E-state index contributed by atoms with van der Waals surface area (Å²) in [5.41, 5.74) is 0. The van der Waals surface area contributed by atoms with E-state index in [2.05, 4.69) is 5.32 Å². The molecule has 0 saturated carbocycles. The Bertz CT molecular complexity index is 203. The molecule has 1 heterocycles. The van der Waals surface area contributed by atoms with E-state index in [-0.39, 0.29) is 24.4 Å². The van der Waals surface area contributed by atoms with Gasteiger partial charge in [-0.2, -0.15) is 0 Å². The number of carbonyl (C=O) groups excluding carboxylic acids is 2. The monoisotopic (exact) mass is 170 g/mol. The standard InChI is InChI=1S/C8H14N2O2/c1-3-6-8(12)10(4-2)7(11)5-9-6/h6,9H,3-5H2,1-2H3. The molecule has 1 saturated heterocycles. The summed E-state index contributed by atoms with van der Waals surface area (Å²) >= 11 is 0. The number of rotatable bonds is 2. The first-order chi connectivity index (χ1) is 5.70. The SMILES string of the molecule is CCC1NCC(=O)N(CC)C1=O. The van der Waals surface area contributed by atoms with Crippen LogP contribution in [0.25, 0.3) is 0 Å². The maximum atomic E-state index is 11.4.